The number of benzene rings is 2. The highest BCUT2D eigenvalue weighted by Gasteiger charge is 2.14. The van der Waals surface area contributed by atoms with Crippen LogP contribution in [0.3, 0.4) is 0 Å². The van der Waals surface area contributed by atoms with Gasteiger partial charge in [-0.1, -0.05) is 42.4 Å². The normalized spacial score (nSPS) is 11.5. The predicted molar refractivity (Wildman–Crippen MR) is 129 cm³/mol. The van der Waals surface area contributed by atoms with Gasteiger partial charge in [-0.25, -0.2) is 9.78 Å². The zero-order valence-corrected chi connectivity index (χ0v) is 19.5. The van der Waals surface area contributed by atoms with Gasteiger partial charge in [-0.2, -0.15) is 0 Å². The van der Waals surface area contributed by atoms with E-state index >= 15 is 0 Å². The number of thioether (sulfide) groups is 1. The highest BCUT2D eigenvalue weighted by molar-refractivity contribution is 7.98. The van der Waals surface area contributed by atoms with E-state index in [1.54, 1.807) is 29.9 Å². The summed E-state index contributed by atoms with van der Waals surface area (Å²) in [6, 6.07) is 12.5. The van der Waals surface area contributed by atoms with Crippen LogP contribution in [-0.2, 0) is 23.5 Å². The van der Waals surface area contributed by atoms with Gasteiger partial charge in [0.15, 0.2) is 5.16 Å². The standard InChI is InChI=1S/C24H23ClN2O4S/c1-3-15-5-7-18-16(12-22(28)31-21(18)11-15)14-32-24-26-20-13-17(25)6-8-19(20)23(29)27(24)9-4-10-30-2/h5-8,11-13H,3-4,9-10,14H2,1-2H3. The molecule has 6 nitrogen and oxygen atoms in total. The Balaban J connectivity index is 1.74. The van der Waals surface area contributed by atoms with Crippen molar-refractivity contribution in [2.75, 3.05) is 13.7 Å². The Labute approximate surface area is 194 Å². The molecule has 4 aromatic rings. The molecule has 2 heterocycles. The maximum atomic E-state index is 13.2. The van der Waals surface area contributed by atoms with Crippen molar-refractivity contribution in [3.05, 3.63) is 79.4 Å². The predicted octanol–water partition coefficient (Wildman–Crippen LogP) is 5.05. The fraction of sp³-hybridized carbons (Fsp3) is 0.292. The summed E-state index contributed by atoms with van der Waals surface area (Å²) in [6.07, 6.45) is 1.54. The van der Waals surface area contributed by atoms with Gasteiger partial charge in [-0.05, 0) is 48.2 Å². The molecule has 0 bridgehead atoms. The zero-order chi connectivity index (χ0) is 22.7. The van der Waals surface area contributed by atoms with Crippen molar-refractivity contribution in [1.29, 1.82) is 0 Å². The van der Waals surface area contributed by atoms with Gasteiger partial charge in [0.1, 0.15) is 5.58 Å². The van der Waals surface area contributed by atoms with Crippen molar-refractivity contribution < 1.29 is 9.15 Å². The second kappa shape index (κ2) is 9.90. The van der Waals surface area contributed by atoms with E-state index in [0.717, 1.165) is 22.9 Å². The fourth-order valence-electron chi connectivity index (χ4n) is 3.60. The highest BCUT2D eigenvalue weighted by Crippen LogP contribution is 2.27. The molecule has 8 heteroatoms. The van der Waals surface area contributed by atoms with E-state index in [0.29, 0.717) is 52.0 Å². The van der Waals surface area contributed by atoms with Gasteiger partial charge < -0.3 is 9.15 Å². The van der Waals surface area contributed by atoms with Crippen LogP contribution in [-0.4, -0.2) is 23.3 Å². The lowest BCUT2D eigenvalue weighted by molar-refractivity contribution is 0.189. The van der Waals surface area contributed by atoms with E-state index in [-0.39, 0.29) is 5.56 Å². The number of fused-ring (bicyclic) bond motifs is 2. The SMILES string of the molecule is CCc1ccc2c(CSc3nc4cc(Cl)ccc4c(=O)n3CCCOC)cc(=O)oc2c1. The first kappa shape index (κ1) is 22.6. The lowest BCUT2D eigenvalue weighted by Gasteiger charge is -2.13. The minimum atomic E-state index is -0.392. The number of aromatic nitrogens is 2. The van der Waals surface area contributed by atoms with E-state index in [9.17, 15) is 9.59 Å². The number of rotatable bonds is 8. The first-order valence-electron chi connectivity index (χ1n) is 10.4. The Bertz CT molecular complexity index is 1400. The Hall–Kier alpha value is -2.61. The summed E-state index contributed by atoms with van der Waals surface area (Å²) < 4.78 is 12.2. The molecule has 0 amide bonds. The smallest absolute Gasteiger partial charge is 0.336 e. The fourth-order valence-corrected chi connectivity index (χ4v) is 4.79. The lowest BCUT2D eigenvalue weighted by Crippen LogP contribution is -2.24. The number of aryl methyl sites for hydroxylation is 1. The number of halogens is 1. The van der Waals surface area contributed by atoms with Gasteiger partial charge in [-0.15, -0.1) is 0 Å². The third-order valence-electron chi connectivity index (χ3n) is 5.27. The minimum absolute atomic E-state index is 0.115. The molecular formula is C24H23ClN2O4S. The van der Waals surface area contributed by atoms with Gasteiger partial charge in [-0.3, -0.25) is 9.36 Å². The summed E-state index contributed by atoms with van der Waals surface area (Å²) >= 11 is 7.54. The molecule has 0 saturated carbocycles. The van der Waals surface area contributed by atoms with Crippen LogP contribution in [0.5, 0.6) is 0 Å². The number of hydrogen-bond donors (Lipinski definition) is 0. The molecule has 0 aliphatic rings. The van der Waals surface area contributed by atoms with E-state index in [4.69, 9.17) is 25.7 Å². The topological polar surface area (TPSA) is 74.3 Å². The van der Waals surface area contributed by atoms with Crippen LogP contribution < -0.4 is 11.2 Å². The van der Waals surface area contributed by atoms with Crippen molar-refractivity contribution >= 4 is 45.2 Å². The monoisotopic (exact) mass is 470 g/mol. The number of hydrogen-bond acceptors (Lipinski definition) is 6. The molecule has 0 N–H and O–H groups in total. The van der Waals surface area contributed by atoms with Crippen LogP contribution in [0.25, 0.3) is 21.9 Å². The van der Waals surface area contributed by atoms with Crippen LogP contribution in [0, 0.1) is 0 Å². The zero-order valence-electron chi connectivity index (χ0n) is 17.9. The van der Waals surface area contributed by atoms with Gasteiger partial charge in [0.05, 0.1) is 10.9 Å². The maximum absolute atomic E-state index is 13.2. The van der Waals surface area contributed by atoms with Crippen LogP contribution in [0.1, 0.15) is 24.5 Å². The van der Waals surface area contributed by atoms with Crippen LogP contribution in [0.4, 0.5) is 0 Å². The third kappa shape index (κ3) is 4.75. The van der Waals surface area contributed by atoms with Crippen molar-refractivity contribution in [2.45, 2.75) is 37.2 Å². The van der Waals surface area contributed by atoms with Crippen molar-refractivity contribution in [3.63, 3.8) is 0 Å². The Morgan fingerprint density at radius 2 is 1.94 bits per heavy atom. The lowest BCUT2D eigenvalue weighted by atomic mass is 10.1. The molecule has 0 atom stereocenters. The number of nitrogens with zero attached hydrogens (tertiary/aromatic N) is 2. The Morgan fingerprint density at radius 1 is 1.12 bits per heavy atom. The van der Waals surface area contributed by atoms with Crippen LogP contribution in [0.15, 0.2) is 61.6 Å². The molecule has 0 aliphatic carbocycles. The molecule has 166 valence electrons. The summed E-state index contributed by atoms with van der Waals surface area (Å²) in [5, 5.41) is 2.50. The van der Waals surface area contributed by atoms with E-state index < -0.39 is 5.63 Å². The van der Waals surface area contributed by atoms with Gasteiger partial charge in [0, 0.05) is 42.5 Å². The molecule has 32 heavy (non-hydrogen) atoms. The average molecular weight is 471 g/mol. The van der Waals surface area contributed by atoms with E-state index in [1.807, 2.05) is 18.2 Å². The molecular weight excluding hydrogens is 448 g/mol. The summed E-state index contributed by atoms with van der Waals surface area (Å²) in [5.74, 6) is 0.469. The molecule has 0 fully saturated rings. The number of ether oxygens (including phenoxy) is 1. The molecule has 2 aromatic carbocycles. The summed E-state index contributed by atoms with van der Waals surface area (Å²) in [4.78, 5) is 30.0. The van der Waals surface area contributed by atoms with Crippen LogP contribution >= 0.6 is 23.4 Å². The minimum Gasteiger partial charge on any atom is -0.423 e. The van der Waals surface area contributed by atoms with Crippen molar-refractivity contribution in [3.8, 4) is 0 Å². The van der Waals surface area contributed by atoms with Gasteiger partial charge >= 0.3 is 5.63 Å². The largest absolute Gasteiger partial charge is 0.423 e. The van der Waals surface area contributed by atoms with Gasteiger partial charge in [0.25, 0.3) is 5.56 Å². The quantitative estimate of drug-likeness (QED) is 0.155. The molecule has 0 saturated heterocycles. The van der Waals surface area contributed by atoms with E-state index in [1.165, 1.54) is 17.8 Å². The van der Waals surface area contributed by atoms with E-state index in [2.05, 4.69) is 6.92 Å². The number of methoxy groups -OCH3 is 1. The first-order chi connectivity index (χ1) is 15.5. The second-order valence-corrected chi connectivity index (χ2v) is 8.80. The molecule has 0 unspecified atom stereocenters. The molecule has 0 radical (unpaired) electrons. The molecule has 0 aliphatic heterocycles. The Kier molecular flexibility index (Phi) is 6.98. The molecule has 4 rings (SSSR count). The second-order valence-electron chi connectivity index (χ2n) is 7.42. The van der Waals surface area contributed by atoms with Gasteiger partial charge in [0.2, 0.25) is 0 Å². The Morgan fingerprint density at radius 3 is 2.72 bits per heavy atom. The molecule has 2 aromatic heterocycles. The average Bonchev–Trinajstić information content (AvgIpc) is 2.78. The first-order valence-corrected chi connectivity index (χ1v) is 11.7. The summed E-state index contributed by atoms with van der Waals surface area (Å²) in [6.45, 7) is 3.08. The van der Waals surface area contributed by atoms with Crippen molar-refractivity contribution in [1.82, 2.24) is 9.55 Å². The molecule has 0 spiro atoms. The van der Waals surface area contributed by atoms with Crippen molar-refractivity contribution in [2.24, 2.45) is 0 Å². The summed E-state index contributed by atoms with van der Waals surface area (Å²) in [5.41, 5.74) is 2.56. The van der Waals surface area contributed by atoms with Crippen LogP contribution in [0.2, 0.25) is 5.02 Å². The maximum Gasteiger partial charge on any atom is 0.336 e. The summed E-state index contributed by atoms with van der Waals surface area (Å²) in [7, 11) is 1.63. The third-order valence-corrected chi connectivity index (χ3v) is 6.53. The highest BCUT2D eigenvalue weighted by atomic mass is 35.5.